The van der Waals surface area contributed by atoms with Gasteiger partial charge in [-0.1, -0.05) is 18.2 Å². The summed E-state index contributed by atoms with van der Waals surface area (Å²) in [6.45, 7) is 2.12. The van der Waals surface area contributed by atoms with Gasteiger partial charge in [-0.15, -0.1) is 0 Å². The van der Waals surface area contributed by atoms with Crippen LogP contribution in [0, 0.1) is 5.41 Å². The molecule has 5 heteroatoms. The van der Waals surface area contributed by atoms with Crippen molar-refractivity contribution >= 4 is 12.2 Å². The Bertz CT molecular complexity index is 382. The smallest absolute Gasteiger partial charge is 0.121 e. The molecule has 1 unspecified atom stereocenters. The average molecular weight is 219 g/mol. The Kier molecular flexibility index (Phi) is 2.78. The minimum absolute atomic E-state index is 0.157. The lowest BCUT2D eigenvalue weighted by atomic mass is 9.86. The SMILES string of the molecule is N=C(N)C1(N2C=NCC2)C=CC(CN)=CC1. The van der Waals surface area contributed by atoms with Crippen LogP contribution >= 0.6 is 0 Å². The minimum atomic E-state index is -0.529. The number of amidine groups is 1. The fraction of sp³-hybridized carbons (Fsp3) is 0.455. The van der Waals surface area contributed by atoms with E-state index in [0.29, 0.717) is 13.0 Å². The Morgan fingerprint density at radius 3 is 2.88 bits per heavy atom. The molecule has 0 spiro atoms. The molecule has 0 aromatic heterocycles. The molecule has 16 heavy (non-hydrogen) atoms. The van der Waals surface area contributed by atoms with Crippen LogP contribution in [0.2, 0.25) is 0 Å². The van der Waals surface area contributed by atoms with Crippen LogP contribution in [0.1, 0.15) is 6.42 Å². The molecule has 0 amide bonds. The molecule has 5 nitrogen and oxygen atoms in total. The first kappa shape index (κ1) is 10.9. The van der Waals surface area contributed by atoms with Gasteiger partial charge in [-0.3, -0.25) is 10.4 Å². The Hall–Kier alpha value is -1.62. The number of hydrogen-bond acceptors (Lipinski definition) is 4. The molecule has 1 aliphatic heterocycles. The molecule has 0 saturated heterocycles. The molecule has 0 fully saturated rings. The predicted molar refractivity (Wildman–Crippen MR) is 65.6 cm³/mol. The van der Waals surface area contributed by atoms with Crippen molar-refractivity contribution in [2.75, 3.05) is 19.6 Å². The maximum Gasteiger partial charge on any atom is 0.121 e. The first-order chi connectivity index (χ1) is 7.69. The van der Waals surface area contributed by atoms with Crippen molar-refractivity contribution in [2.45, 2.75) is 12.0 Å². The van der Waals surface area contributed by atoms with Crippen molar-refractivity contribution < 1.29 is 0 Å². The van der Waals surface area contributed by atoms with Gasteiger partial charge < -0.3 is 16.4 Å². The van der Waals surface area contributed by atoms with Gasteiger partial charge in [-0.2, -0.15) is 0 Å². The minimum Gasteiger partial charge on any atom is -0.385 e. The van der Waals surface area contributed by atoms with Crippen molar-refractivity contribution in [3.63, 3.8) is 0 Å². The molecule has 0 bridgehead atoms. The Morgan fingerprint density at radius 1 is 1.62 bits per heavy atom. The van der Waals surface area contributed by atoms with E-state index < -0.39 is 5.54 Å². The zero-order valence-corrected chi connectivity index (χ0v) is 9.19. The second-order valence-corrected chi connectivity index (χ2v) is 4.07. The van der Waals surface area contributed by atoms with E-state index in [1.165, 1.54) is 0 Å². The van der Waals surface area contributed by atoms with Gasteiger partial charge in [0.25, 0.3) is 0 Å². The zero-order valence-electron chi connectivity index (χ0n) is 9.19. The number of hydrogen-bond donors (Lipinski definition) is 3. The summed E-state index contributed by atoms with van der Waals surface area (Å²) in [5.74, 6) is 0.157. The van der Waals surface area contributed by atoms with Gasteiger partial charge in [0, 0.05) is 19.5 Å². The molecule has 0 saturated carbocycles. The van der Waals surface area contributed by atoms with Gasteiger partial charge in [0.2, 0.25) is 0 Å². The van der Waals surface area contributed by atoms with Crippen molar-refractivity contribution in [3.05, 3.63) is 23.8 Å². The standard InChI is InChI=1S/C11H17N5/c12-7-9-1-3-11(4-2-9,10(13)14)16-6-5-15-8-16/h1-3,8H,4-7,12H2,(H3,13,14). The van der Waals surface area contributed by atoms with Gasteiger partial charge >= 0.3 is 0 Å². The third-order valence-electron chi connectivity index (χ3n) is 3.15. The molecule has 2 rings (SSSR count). The largest absolute Gasteiger partial charge is 0.385 e. The van der Waals surface area contributed by atoms with Gasteiger partial charge in [0.1, 0.15) is 11.4 Å². The highest BCUT2D eigenvalue weighted by Gasteiger charge is 2.37. The number of nitrogens with one attached hydrogen (secondary N) is 1. The van der Waals surface area contributed by atoms with E-state index in [4.69, 9.17) is 16.9 Å². The van der Waals surface area contributed by atoms with Gasteiger partial charge in [-0.05, 0) is 5.57 Å². The lowest BCUT2D eigenvalue weighted by Gasteiger charge is -2.39. The van der Waals surface area contributed by atoms with Crippen LogP contribution in [0.5, 0.6) is 0 Å². The molecule has 0 aromatic carbocycles. The van der Waals surface area contributed by atoms with Crippen LogP contribution in [0.15, 0.2) is 28.8 Å². The zero-order chi connectivity index (χ0) is 11.6. The summed E-state index contributed by atoms with van der Waals surface area (Å²) in [5, 5.41) is 7.79. The van der Waals surface area contributed by atoms with Gasteiger partial charge in [0.05, 0.1) is 12.9 Å². The van der Waals surface area contributed by atoms with E-state index in [1.54, 1.807) is 6.34 Å². The predicted octanol–water partition coefficient (Wildman–Crippen LogP) is -0.150. The fourth-order valence-electron chi connectivity index (χ4n) is 2.07. The summed E-state index contributed by atoms with van der Waals surface area (Å²) in [7, 11) is 0. The van der Waals surface area contributed by atoms with Crippen LogP contribution < -0.4 is 11.5 Å². The summed E-state index contributed by atoms with van der Waals surface area (Å²) in [6, 6.07) is 0. The van der Waals surface area contributed by atoms with Crippen LogP contribution in [-0.4, -0.2) is 42.2 Å². The summed E-state index contributed by atoms with van der Waals surface area (Å²) in [5.41, 5.74) is 11.9. The second-order valence-electron chi connectivity index (χ2n) is 4.07. The molecule has 1 heterocycles. The van der Waals surface area contributed by atoms with Crippen molar-refractivity contribution in [2.24, 2.45) is 16.5 Å². The lowest BCUT2D eigenvalue weighted by molar-refractivity contribution is 0.330. The highest BCUT2D eigenvalue weighted by Crippen LogP contribution is 2.27. The second kappa shape index (κ2) is 4.09. The average Bonchev–Trinajstić information content (AvgIpc) is 2.82. The van der Waals surface area contributed by atoms with Crippen LogP contribution in [-0.2, 0) is 0 Å². The molecule has 86 valence electrons. The summed E-state index contributed by atoms with van der Waals surface area (Å²) in [6.07, 6.45) is 8.45. The molecule has 0 radical (unpaired) electrons. The highest BCUT2D eigenvalue weighted by atomic mass is 15.3. The van der Waals surface area contributed by atoms with Crippen molar-refractivity contribution in [1.29, 1.82) is 5.41 Å². The van der Waals surface area contributed by atoms with Crippen LogP contribution in [0.3, 0.4) is 0 Å². The topological polar surface area (TPSA) is 91.5 Å². The van der Waals surface area contributed by atoms with Crippen molar-refractivity contribution in [3.8, 4) is 0 Å². The van der Waals surface area contributed by atoms with E-state index >= 15 is 0 Å². The van der Waals surface area contributed by atoms with Crippen molar-refractivity contribution in [1.82, 2.24) is 4.90 Å². The Balaban J connectivity index is 2.26. The maximum atomic E-state index is 7.79. The number of nitrogens with two attached hydrogens (primary N) is 2. The quantitative estimate of drug-likeness (QED) is 0.455. The van der Waals surface area contributed by atoms with Gasteiger partial charge in [-0.25, -0.2) is 0 Å². The fourth-order valence-corrected chi connectivity index (χ4v) is 2.07. The molecule has 5 N–H and O–H groups in total. The molecule has 1 aliphatic carbocycles. The Morgan fingerprint density at radius 2 is 2.44 bits per heavy atom. The molecule has 0 aromatic rings. The summed E-state index contributed by atoms with van der Waals surface area (Å²) in [4.78, 5) is 6.20. The van der Waals surface area contributed by atoms with E-state index in [9.17, 15) is 0 Å². The summed E-state index contributed by atoms with van der Waals surface area (Å²) >= 11 is 0. The third-order valence-corrected chi connectivity index (χ3v) is 3.15. The number of nitrogens with zero attached hydrogens (tertiary/aromatic N) is 2. The number of rotatable bonds is 3. The van der Waals surface area contributed by atoms with E-state index in [-0.39, 0.29) is 5.84 Å². The first-order valence-electron chi connectivity index (χ1n) is 5.38. The molecular weight excluding hydrogens is 202 g/mol. The highest BCUT2D eigenvalue weighted by molar-refractivity contribution is 5.92. The first-order valence-corrected chi connectivity index (χ1v) is 5.38. The lowest BCUT2D eigenvalue weighted by Crippen LogP contribution is -2.55. The van der Waals surface area contributed by atoms with Crippen LogP contribution in [0.4, 0.5) is 0 Å². The van der Waals surface area contributed by atoms with E-state index in [1.807, 2.05) is 23.1 Å². The molecule has 1 atom stereocenters. The molecule has 2 aliphatic rings. The number of aliphatic imine (C=N–C) groups is 1. The van der Waals surface area contributed by atoms with Crippen LogP contribution in [0.25, 0.3) is 0 Å². The Labute approximate surface area is 95.0 Å². The maximum absolute atomic E-state index is 7.79. The monoisotopic (exact) mass is 219 g/mol. The normalized spacial score (nSPS) is 28.3. The van der Waals surface area contributed by atoms with Gasteiger partial charge in [0.15, 0.2) is 0 Å². The molecular formula is C11H17N5. The third kappa shape index (κ3) is 1.63. The summed E-state index contributed by atoms with van der Waals surface area (Å²) < 4.78 is 0. The van der Waals surface area contributed by atoms with E-state index in [0.717, 1.165) is 18.7 Å². The van der Waals surface area contributed by atoms with E-state index in [2.05, 4.69) is 4.99 Å².